The quantitative estimate of drug-likeness (QED) is 0.875. The molecule has 0 saturated carbocycles. The zero-order chi connectivity index (χ0) is 13.7. The topological polar surface area (TPSA) is 47.7 Å². The van der Waals surface area contributed by atoms with Crippen LogP contribution in [0.1, 0.15) is 12.0 Å². The summed E-state index contributed by atoms with van der Waals surface area (Å²) < 4.78 is 10.8. The van der Waals surface area contributed by atoms with Crippen LogP contribution < -0.4 is 10.5 Å². The van der Waals surface area contributed by atoms with Gasteiger partial charge in [-0.25, -0.2) is 0 Å². The largest absolute Gasteiger partial charge is 0.497 e. The van der Waals surface area contributed by atoms with E-state index in [4.69, 9.17) is 15.2 Å². The van der Waals surface area contributed by atoms with E-state index in [1.54, 1.807) is 7.11 Å². The van der Waals surface area contributed by atoms with Gasteiger partial charge in [0.1, 0.15) is 5.75 Å². The highest BCUT2D eigenvalue weighted by molar-refractivity contribution is 5.28. The van der Waals surface area contributed by atoms with Crippen molar-refractivity contribution in [3.63, 3.8) is 0 Å². The maximum atomic E-state index is 6.14. The second-order valence-electron chi connectivity index (χ2n) is 5.34. The highest BCUT2D eigenvalue weighted by atomic mass is 16.5. The Morgan fingerprint density at radius 3 is 3.05 bits per heavy atom. The van der Waals surface area contributed by atoms with Crippen LogP contribution in [0, 0.1) is 5.92 Å². The van der Waals surface area contributed by atoms with Crippen LogP contribution in [-0.2, 0) is 11.3 Å². The van der Waals surface area contributed by atoms with E-state index in [0.717, 1.165) is 38.5 Å². The van der Waals surface area contributed by atoms with Gasteiger partial charge >= 0.3 is 0 Å². The first-order valence-electron chi connectivity index (χ1n) is 6.84. The molecule has 2 unspecified atom stereocenters. The summed E-state index contributed by atoms with van der Waals surface area (Å²) in [6.07, 6.45) is 0.970. The van der Waals surface area contributed by atoms with Crippen molar-refractivity contribution in [3.8, 4) is 5.75 Å². The molecule has 0 radical (unpaired) electrons. The lowest BCUT2D eigenvalue weighted by Gasteiger charge is -2.32. The monoisotopic (exact) mass is 264 g/mol. The van der Waals surface area contributed by atoms with Gasteiger partial charge in [-0.05, 0) is 31.2 Å². The first-order valence-corrected chi connectivity index (χ1v) is 6.84. The number of rotatable bonds is 5. The van der Waals surface area contributed by atoms with Crippen LogP contribution in [0.15, 0.2) is 24.3 Å². The summed E-state index contributed by atoms with van der Waals surface area (Å²) in [7, 11) is 3.82. The Kier molecular flexibility index (Phi) is 5.19. The van der Waals surface area contributed by atoms with Gasteiger partial charge in [-0.3, -0.25) is 0 Å². The lowest BCUT2D eigenvalue weighted by atomic mass is 9.96. The van der Waals surface area contributed by atoms with Crippen LogP contribution >= 0.6 is 0 Å². The Labute approximate surface area is 115 Å². The Bertz CT molecular complexity index is 397. The van der Waals surface area contributed by atoms with Crippen LogP contribution in [0.25, 0.3) is 0 Å². The minimum atomic E-state index is 0.265. The van der Waals surface area contributed by atoms with Crippen LogP contribution in [0.4, 0.5) is 0 Å². The molecular formula is C15H24N2O2. The van der Waals surface area contributed by atoms with Gasteiger partial charge in [0.2, 0.25) is 0 Å². The van der Waals surface area contributed by atoms with Crippen molar-refractivity contribution in [1.29, 1.82) is 0 Å². The van der Waals surface area contributed by atoms with Gasteiger partial charge in [-0.2, -0.15) is 0 Å². The summed E-state index contributed by atoms with van der Waals surface area (Å²) in [5.74, 6) is 1.34. The molecule has 4 heteroatoms. The molecule has 1 aliphatic heterocycles. The molecule has 4 nitrogen and oxygen atoms in total. The summed E-state index contributed by atoms with van der Waals surface area (Å²) in [6, 6.07) is 8.46. The van der Waals surface area contributed by atoms with Gasteiger partial charge in [0.15, 0.2) is 0 Å². The van der Waals surface area contributed by atoms with E-state index < -0.39 is 0 Å². The fourth-order valence-electron chi connectivity index (χ4n) is 2.55. The molecule has 0 bridgehead atoms. The molecule has 0 aliphatic carbocycles. The molecule has 0 aromatic heterocycles. The third-order valence-corrected chi connectivity index (χ3v) is 3.67. The highest BCUT2D eigenvalue weighted by Crippen LogP contribution is 2.17. The first-order chi connectivity index (χ1) is 9.19. The Balaban J connectivity index is 1.87. The number of nitrogens with two attached hydrogens (primary N) is 1. The second kappa shape index (κ2) is 6.89. The van der Waals surface area contributed by atoms with Crippen LogP contribution in [-0.4, -0.2) is 44.9 Å². The van der Waals surface area contributed by atoms with Gasteiger partial charge in [0.05, 0.1) is 13.7 Å². The van der Waals surface area contributed by atoms with Crippen molar-refractivity contribution in [3.05, 3.63) is 29.8 Å². The summed E-state index contributed by atoms with van der Waals surface area (Å²) >= 11 is 0. The van der Waals surface area contributed by atoms with Crippen molar-refractivity contribution in [1.82, 2.24) is 4.90 Å². The van der Waals surface area contributed by atoms with Gasteiger partial charge in [-0.15, -0.1) is 0 Å². The molecule has 2 rings (SSSR count). The van der Waals surface area contributed by atoms with Crippen molar-refractivity contribution >= 4 is 0 Å². The summed E-state index contributed by atoms with van der Waals surface area (Å²) in [4.78, 5) is 2.30. The lowest BCUT2D eigenvalue weighted by molar-refractivity contribution is 0.0286. The van der Waals surface area contributed by atoms with E-state index in [1.807, 2.05) is 12.1 Å². The average Bonchev–Trinajstić information content (AvgIpc) is 2.41. The number of nitrogens with zero attached hydrogens (tertiary/aromatic N) is 1. The molecule has 1 aromatic rings. The fraction of sp³-hybridized carbons (Fsp3) is 0.600. The predicted octanol–water partition coefficient (Wildman–Crippen LogP) is 1.49. The van der Waals surface area contributed by atoms with Gasteiger partial charge in [0, 0.05) is 31.7 Å². The van der Waals surface area contributed by atoms with Crippen LogP contribution in [0.3, 0.4) is 0 Å². The number of hydrogen-bond acceptors (Lipinski definition) is 4. The molecule has 1 aromatic carbocycles. The van der Waals surface area contributed by atoms with E-state index >= 15 is 0 Å². The first kappa shape index (κ1) is 14.3. The van der Waals surface area contributed by atoms with E-state index in [0.29, 0.717) is 5.92 Å². The number of hydrogen-bond donors (Lipinski definition) is 1. The molecular weight excluding hydrogens is 240 g/mol. The van der Waals surface area contributed by atoms with Crippen molar-refractivity contribution in [2.24, 2.45) is 11.7 Å². The zero-order valence-electron chi connectivity index (χ0n) is 11.8. The van der Waals surface area contributed by atoms with Gasteiger partial charge < -0.3 is 20.1 Å². The molecule has 1 fully saturated rings. The molecule has 19 heavy (non-hydrogen) atoms. The minimum absolute atomic E-state index is 0.265. The zero-order valence-corrected chi connectivity index (χ0v) is 11.8. The standard InChI is InChI=1S/C15H24N2O2/c1-17(10-13-11-19-7-6-15(13)16)9-12-4-3-5-14(8-12)18-2/h3-5,8,13,15H,6-7,9-11,16H2,1-2H3. The normalized spacial score (nSPS) is 23.6. The third-order valence-electron chi connectivity index (χ3n) is 3.67. The summed E-state index contributed by atoms with van der Waals surface area (Å²) in [5.41, 5.74) is 7.40. The molecule has 1 saturated heterocycles. The van der Waals surface area contributed by atoms with Crippen LogP contribution in [0.5, 0.6) is 5.75 Å². The van der Waals surface area contributed by atoms with Crippen molar-refractivity contribution in [2.45, 2.75) is 19.0 Å². The SMILES string of the molecule is COc1cccc(CN(C)CC2COCCC2N)c1. The molecule has 1 aliphatic rings. The molecule has 0 spiro atoms. The molecule has 106 valence electrons. The molecule has 1 heterocycles. The van der Waals surface area contributed by atoms with Crippen LogP contribution in [0.2, 0.25) is 0 Å². The Morgan fingerprint density at radius 2 is 2.32 bits per heavy atom. The fourth-order valence-corrected chi connectivity index (χ4v) is 2.55. The summed E-state index contributed by atoms with van der Waals surface area (Å²) in [6.45, 7) is 3.46. The summed E-state index contributed by atoms with van der Waals surface area (Å²) in [5, 5.41) is 0. The Hall–Kier alpha value is -1.10. The lowest BCUT2D eigenvalue weighted by Crippen LogP contribution is -2.44. The smallest absolute Gasteiger partial charge is 0.119 e. The van der Waals surface area contributed by atoms with E-state index in [2.05, 4.69) is 24.1 Å². The number of benzene rings is 1. The van der Waals surface area contributed by atoms with Crippen molar-refractivity contribution in [2.75, 3.05) is 33.9 Å². The number of methoxy groups -OCH3 is 1. The minimum Gasteiger partial charge on any atom is -0.497 e. The molecule has 0 amide bonds. The third kappa shape index (κ3) is 4.20. The highest BCUT2D eigenvalue weighted by Gasteiger charge is 2.23. The van der Waals surface area contributed by atoms with Gasteiger partial charge in [-0.1, -0.05) is 12.1 Å². The Morgan fingerprint density at radius 1 is 1.47 bits per heavy atom. The molecule has 2 N–H and O–H groups in total. The molecule has 2 atom stereocenters. The van der Waals surface area contributed by atoms with Crippen molar-refractivity contribution < 1.29 is 9.47 Å². The van der Waals surface area contributed by atoms with E-state index in [-0.39, 0.29) is 6.04 Å². The average molecular weight is 264 g/mol. The predicted molar refractivity (Wildman–Crippen MR) is 76.2 cm³/mol. The maximum Gasteiger partial charge on any atom is 0.119 e. The second-order valence-corrected chi connectivity index (χ2v) is 5.34. The number of ether oxygens (including phenoxy) is 2. The van der Waals surface area contributed by atoms with E-state index in [1.165, 1.54) is 5.56 Å². The maximum absolute atomic E-state index is 6.14. The van der Waals surface area contributed by atoms with E-state index in [9.17, 15) is 0 Å². The van der Waals surface area contributed by atoms with Gasteiger partial charge in [0.25, 0.3) is 0 Å².